The molecule has 4 aromatic rings. The highest BCUT2D eigenvalue weighted by Gasteiger charge is 2.24. The van der Waals surface area contributed by atoms with Gasteiger partial charge in [0.15, 0.2) is 0 Å². The highest BCUT2D eigenvalue weighted by Crippen LogP contribution is 2.29. The van der Waals surface area contributed by atoms with Gasteiger partial charge in [0.2, 0.25) is 15.8 Å². The molecule has 1 saturated carbocycles. The molecule has 0 atom stereocenters. The molecule has 5 rings (SSSR count). The molecule has 0 spiro atoms. The molecule has 0 bridgehead atoms. The molecule has 0 radical (unpaired) electrons. The fraction of sp³-hybridized carbons (Fsp3) is 0.259. The zero-order valence-electron chi connectivity index (χ0n) is 19.3. The SMILES string of the molecule is O=S(=O)(c1ccccc1CO)c1ccccc1CNc1nc(NC2CCCC2)c2ccccc2n1. The van der Waals surface area contributed by atoms with Gasteiger partial charge < -0.3 is 15.7 Å². The van der Waals surface area contributed by atoms with E-state index < -0.39 is 9.84 Å². The third-order valence-corrected chi connectivity index (χ3v) is 8.39. The Morgan fingerprint density at radius 2 is 1.46 bits per heavy atom. The zero-order chi connectivity index (χ0) is 24.3. The normalized spacial score (nSPS) is 14.3. The van der Waals surface area contributed by atoms with Gasteiger partial charge >= 0.3 is 0 Å². The van der Waals surface area contributed by atoms with Crippen molar-refractivity contribution in [3.63, 3.8) is 0 Å². The second-order valence-electron chi connectivity index (χ2n) is 8.77. The van der Waals surface area contributed by atoms with Crippen molar-refractivity contribution < 1.29 is 13.5 Å². The Bertz CT molecular complexity index is 1450. The van der Waals surface area contributed by atoms with Crippen molar-refractivity contribution in [1.82, 2.24) is 9.97 Å². The maximum Gasteiger partial charge on any atom is 0.225 e. The van der Waals surface area contributed by atoms with E-state index in [2.05, 4.69) is 15.6 Å². The van der Waals surface area contributed by atoms with Crippen LogP contribution in [-0.4, -0.2) is 29.5 Å². The second-order valence-corrected chi connectivity index (χ2v) is 10.7. The Labute approximate surface area is 205 Å². The Kier molecular flexibility index (Phi) is 6.66. The number of fused-ring (bicyclic) bond motifs is 1. The predicted octanol–water partition coefficient (Wildman–Crippen LogP) is 4.92. The third-order valence-electron chi connectivity index (χ3n) is 6.43. The summed E-state index contributed by atoms with van der Waals surface area (Å²) in [4.78, 5) is 9.70. The molecule has 0 unspecified atom stereocenters. The van der Waals surface area contributed by atoms with Crippen molar-refractivity contribution in [2.75, 3.05) is 10.6 Å². The van der Waals surface area contributed by atoms with Crippen LogP contribution in [0.3, 0.4) is 0 Å². The van der Waals surface area contributed by atoms with Crippen LogP contribution in [0.1, 0.15) is 36.8 Å². The minimum Gasteiger partial charge on any atom is -0.392 e. The lowest BCUT2D eigenvalue weighted by atomic mass is 10.2. The highest BCUT2D eigenvalue weighted by molar-refractivity contribution is 7.91. The van der Waals surface area contributed by atoms with Crippen LogP contribution in [0.5, 0.6) is 0 Å². The first-order valence-corrected chi connectivity index (χ1v) is 13.3. The van der Waals surface area contributed by atoms with Gasteiger partial charge in [0.25, 0.3) is 0 Å². The minimum absolute atomic E-state index is 0.111. The summed E-state index contributed by atoms with van der Waals surface area (Å²) in [6, 6.07) is 21.7. The van der Waals surface area contributed by atoms with Crippen LogP contribution < -0.4 is 10.6 Å². The molecule has 3 aromatic carbocycles. The number of hydrogen-bond donors (Lipinski definition) is 3. The summed E-state index contributed by atoms with van der Waals surface area (Å²) in [7, 11) is -3.83. The average molecular weight is 489 g/mol. The van der Waals surface area contributed by atoms with Crippen molar-refractivity contribution >= 4 is 32.5 Å². The van der Waals surface area contributed by atoms with Crippen molar-refractivity contribution in [3.05, 3.63) is 83.9 Å². The van der Waals surface area contributed by atoms with Crippen LogP contribution in [0.25, 0.3) is 10.9 Å². The van der Waals surface area contributed by atoms with E-state index in [1.165, 1.54) is 18.9 Å². The zero-order valence-corrected chi connectivity index (χ0v) is 20.1. The van der Waals surface area contributed by atoms with Crippen molar-refractivity contribution in [2.45, 2.75) is 54.7 Å². The molecule has 180 valence electrons. The van der Waals surface area contributed by atoms with E-state index in [9.17, 15) is 13.5 Å². The van der Waals surface area contributed by atoms with Crippen LogP contribution in [0.2, 0.25) is 0 Å². The fourth-order valence-corrected chi connectivity index (χ4v) is 6.35. The molecule has 35 heavy (non-hydrogen) atoms. The molecular weight excluding hydrogens is 460 g/mol. The Morgan fingerprint density at radius 1 is 0.829 bits per heavy atom. The van der Waals surface area contributed by atoms with E-state index in [1.54, 1.807) is 36.4 Å². The first-order chi connectivity index (χ1) is 17.1. The first-order valence-electron chi connectivity index (χ1n) is 11.9. The molecule has 0 aliphatic heterocycles. The van der Waals surface area contributed by atoms with Gasteiger partial charge in [-0.25, -0.2) is 13.4 Å². The summed E-state index contributed by atoms with van der Waals surface area (Å²) < 4.78 is 27.0. The minimum atomic E-state index is -3.83. The number of anilines is 2. The molecule has 0 amide bonds. The Hall–Kier alpha value is -3.49. The molecule has 1 heterocycles. The van der Waals surface area contributed by atoms with Gasteiger partial charge in [-0.1, -0.05) is 61.4 Å². The predicted molar refractivity (Wildman–Crippen MR) is 137 cm³/mol. The molecule has 0 saturated heterocycles. The summed E-state index contributed by atoms with van der Waals surface area (Å²) in [6.45, 7) is -0.116. The molecule has 1 aliphatic rings. The molecule has 7 nitrogen and oxygen atoms in total. The molecule has 3 N–H and O–H groups in total. The van der Waals surface area contributed by atoms with Gasteiger partial charge in [-0.15, -0.1) is 0 Å². The summed E-state index contributed by atoms with van der Waals surface area (Å²) in [6.07, 6.45) is 4.69. The fourth-order valence-electron chi connectivity index (χ4n) is 4.63. The van der Waals surface area contributed by atoms with Gasteiger partial charge in [0, 0.05) is 18.0 Å². The van der Waals surface area contributed by atoms with Gasteiger partial charge in [0.1, 0.15) is 5.82 Å². The van der Waals surface area contributed by atoms with Gasteiger partial charge in [0.05, 0.1) is 21.9 Å². The van der Waals surface area contributed by atoms with E-state index >= 15 is 0 Å². The topological polar surface area (TPSA) is 104 Å². The maximum atomic E-state index is 13.5. The van der Waals surface area contributed by atoms with Gasteiger partial charge in [-0.3, -0.25) is 0 Å². The smallest absolute Gasteiger partial charge is 0.225 e. The van der Waals surface area contributed by atoms with Crippen LogP contribution in [0, 0.1) is 0 Å². The number of aliphatic hydroxyl groups excluding tert-OH is 1. The summed E-state index contributed by atoms with van der Waals surface area (Å²) in [5.41, 5.74) is 1.79. The molecular formula is C27H28N4O3S. The largest absolute Gasteiger partial charge is 0.392 e. The van der Waals surface area contributed by atoms with Crippen LogP contribution >= 0.6 is 0 Å². The second kappa shape index (κ2) is 10.0. The number of para-hydroxylation sites is 1. The Morgan fingerprint density at radius 3 is 2.20 bits per heavy atom. The quantitative estimate of drug-likeness (QED) is 0.323. The number of aromatic nitrogens is 2. The lowest BCUT2D eigenvalue weighted by Crippen LogP contribution is -2.17. The monoisotopic (exact) mass is 488 g/mol. The van der Waals surface area contributed by atoms with Gasteiger partial charge in [-0.05, 0) is 48.2 Å². The molecule has 1 aromatic heterocycles. The number of nitrogens with zero attached hydrogens (tertiary/aromatic N) is 2. The van der Waals surface area contributed by atoms with Crippen molar-refractivity contribution in [1.29, 1.82) is 0 Å². The van der Waals surface area contributed by atoms with E-state index in [4.69, 9.17) is 4.98 Å². The van der Waals surface area contributed by atoms with Crippen LogP contribution in [0.4, 0.5) is 11.8 Å². The number of aliphatic hydroxyl groups is 1. The van der Waals surface area contributed by atoms with Crippen LogP contribution in [-0.2, 0) is 23.0 Å². The maximum absolute atomic E-state index is 13.5. The summed E-state index contributed by atoms with van der Waals surface area (Å²) >= 11 is 0. The van der Waals surface area contributed by atoms with Crippen LogP contribution in [0.15, 0.2) is 82.6 Å². The summed E-state index contributed by atoms with van der Waals surface area (Å²) in [5.74, 6) is 1.23. The average Bonchev–Trinajstić information content (AvgIpc) is 3.41. The molecule has 1 aliphatic carbocycles. The molecule has 8 heteroatoms. The molecule has 1 fully saturated rings. The van der Waals surface area contributed by atoms with E-state index in [1.807, 2.05) is 30.3 Å². The van der Waals surface area contributed by atoms with Gasteiger partial charge in [-0.2, -0.15) is 4.98 Å². The number of rotatable bonds is 8. The van der Waals surface area contributed by atoms with Crippen molar-refractivity contribution in [3.8, 4) is 0 Å². The standard InChI is InChI=1S/C27H28N4O3S/c32-18-20-10-2-8-16-25(20)35(33,34)24-15-7-1-9-19(24)17-28-27-30-23-14-6-5-13-22(23)26(31-27)29-21-11-3-4-12-21/h1-2,5-10,13-16,21,32H,3-4,11-12,17-18H2,(H2,28,29,30,31). The van der Waals surface area contributed by atoms with E-state index in [-0.39, 0.29) is 22.9 Å². The Balaban J connectivity index is 1.45. The highest BCUT2D eigenvalue weighted by atomic mass is 32.2. The van der Waals surface area contributed by atoms with E-state index in [0.29, 0.717) is 23.1 Å². The summed E-state index contributed by atoms with van der Waals surface area (Å²) in [5, 5.41) is 17.4. The lowest BCUT2D eigenvalue weighted by molar-refractivity contribution is 0.278. The number of benzene rings is 3. The third kappa shape index (κ3) is 4.85. The first kappa shape index (κ1) is 23.3. The van der Waals surface area contributed by atoms with Crippen molar-refractivity contribution in [2.24, 2.45) is 0 Å². The lowest BCUT2D eigenvalue weighted by Gasteiger charge is -2.17. The van der Waals surface area contributed by atoms with E-state index in [0.717, 1.165) is 29.6 Å². The number of hydrogen-bond acceptors (Lipinski definition) is 7. The number of sulfone groups is 1. The number of nitrogens with one attached hydrogen (secondary N) is 2.